The van der Waals surface area contributed by atoms with E-state index in [2.05, 4.69) is 34.7 Å². The lowest BCUT2D eigenvalue weighted by Crippen LogP contribution is -2.20. The lowest BCUT2D eigenvalue weighted by molar-refractivity contribution is 0.592. The summed E-state index contributed by atoms with van der Waals surface area (Å²) in [5.41, 5.74) is 9.29. The molecule has 2 N–H and O–H groups in total. The summed E-state index contributed by atoms with van der Waals surface area (Å²) in [7, 11) is 0. The summed E-state index contributed by atoms with van der Waals surface area (Å²) in [5.74, 6) is 1.25. The number of aromatic nitrogens is 3. The highest BCUT2D eigenvalue weighted by molar-refractivity contribution is 5.76. The topological polar surface area (TPSA) is 56.7 Å². The van der Waals surface area contributed by atoms with Crippen LogP contribution in [0.5, 0.6) is 0 Å². The zero-order chi connectivity index (χ0) is 14.7. The Morgan fingerprint density at radius 1 is 1.14 bits per heavy atom. The van der Waals surface area contributed by atoms with Gasteiger partial charge in [0, 0.05) is 37.3 Å². The minimum Gasteiger partial charge on any atom is -0.330 e. The van der Waals surface area contributed by atoms with Gasteiger partial charge in [0.25, 0.3) is 0 Å². The van der Waals surface area contributed by atoms with Crippen LogP contribution in [-0.2, 0) is 13.0 Å². The van der Waals surface area contributed by atoms with E-state index < -0.39 is 0 Å². The van der Waals surface area contributed by atoms with Gasteiger partial charge < -0.3 is 10.3 Å². The zero-order valence-electron chi connectivity index (χ0n) is 12.2. The average Bonchev–Trinajstić information content (AvgIpc) is 2.92. The largest absolute Gasteiger partial charge is 0.330 e. The number of pyridine rings is 1. The van der Waals surface area contributed by atoms with E-state index in [0.717, 1.165) is 30.0 Å². The van der Waals surface area contributed by atoms with Gasteiger partial charge in [0.1, 0.15) is 5.82 Å². The normalized spacial score (nSPS) is 12.7. The first-order valence-corrected chi connectivity index (χ1v) is 7.38. The van der Waals surface area contributed by atoms with E-state index in [4.69, 9.17) is 10.7 Å². The molecule has 0 aliphatic carbocycles. The van der Waals surface area contributed by atoms with Gasteiger partial charge in [-0.05, 0) is 31.2 Å². The molecule has 3 rings (SSSR count). The van der Waals surface area contributed by atoms with Crippen LogP contribution >= 0.6 is 0 Å². The third-order valence-electron chi connectivity index (χ3n) is 3.83. The molecule has 0 aliphatic heterocycles. The Morgan fingerprint density at radius 2 is 1.95 bits per heavy atom. The number of imidazole rings is 1. The van der Waals surface area contributed by atoms with E-state index in [1.54, 1.807) is 0 Å². The molecule has 0 spiro atoms. The zero-order valence-corrected chi connectivity index (χ0v) is 12.2. The summed E-state index contributed by atoms with van der Waals surface area (Å²) in [6.45, 7) is 3.61. The number of hydrogen-bond donors (Lipinski definition) is 1. The molecule has 1 atom stereocenters. The molecule has 3 aromatic rings. The maximum atomic E-state index is 6.02. The molecule has 0 bridgehead atoms. The number of nitrogens with two attached hydrogens (primary N) is 1. The number of para-hydroxylation sites is 2. The van der Waals surface area contributed by atoms with Crippen LogP contribution in [0.15, 0.2) is 48.7 Å². The lowest BCUT2D eigenvalue weighted by Gasteiger charge is -2.15. The van der Waals surface area contributed by atoms with Crippen LogP contribution in [0.1, 0.15) is 24.4 Å². The van der Waals surface area contributed by atoms with Crippen LogP contribution in [-0.4, -0.2) is 21.1 Å². The van der Waals surface area contributed by atoms with Crippen molar-refractivity contribution in [1.82, 2.24) is 14.5 Å². The predicted octanol–water partition coefficient (Wildman–Crippen LogP) is 2.74. The number of benzene rings is 1. The van der Waals surface area contributed by atoms with E-state index in [-0.39, 0.29) is 5.92 Å². The molecular formula is C17H20N4. The Hall–Kier alpha value is -2.20. The molecule has 0 fully saturated rings. The van der Waals surface area contributed by atoms with E-state index in [1.807, 2.05) is 30.5 Å². The second-order valence-corrected chi connectivity index (χ2v) is 5.16. The number of nitrogens with zero attached hydrogens (tertiary/aromatic N) is 3. The van der Waals surface area contributed by atoms with Crippen molar-refractivity contribution in [3.05, 3.63) is 60.2 Å². The summed E-state index contributed by atoms with van der Waals surface area (Å²) in [5, 5.41) is 0. The average molecular weight is 280 g/mol. The minimum atomic E-state index is 0.187. The van der Waals surface area contributed by atoms with Gasteiger partial charge >= 0.3 is 0 Å². The Kier molecular flexibility index (Phi) is 3.97. The fourth-order valence-corrected chi connectivity index (χ4v) is 2.79. The molecule has 108 valence electrons. The fraction of sp³-hybridized carbons (Fsp3) is 0.294. The van der Waals surface area contributed by atoms with Gasteiger partial charge in [-0.15, -0.1) is 0 Å². The summed E-state index contributed by atoms with van der Waals surface area (Å²) in [6, 6.07) is 14.2. The van der Waals surface area contributed by atoms with Crippen molar-refractivity contribution in [2.45, 2.75) is 25.8 Å². The van der Waals surface area contributed by atoms with E-state index in [1.165, 1.54) is 5.52 Å². The van der Waals surface area contributed by atoms with Crippen molar-refractivity contribution in [2.24, 2.45) is 5.73 Å². The third-order valence-corrected chi connectivity index (χ3v) is 3.83. The van der Waals surface area contributed by atoms with Gasteiger partial charge in [0.2, 0.25) is 0 Å². The van der Waals surface area contributed by atoms with Crippen LogP contribution in [0, 0.1) is 0 Å². The maximum Gasteiger partial charge on any atom is 0.114 e. The van der Waals surface area contributed by atoms with Gasteiger partial charge in [0.05, 0.1) is 11.0 Å². The second-order valence-electron chi connectivity index (χ2n) is 5.16. The lowest BCUT2D eigenvalue weighted by atomic mass is 10.0. The maximum absolute atomic E-state index is 6.02. The van der Waals surface area contributed by atoms with Gasteiger partial charge in [-0.25, -0.2) is 4.98 Å². The molecule has 21 heavy (non-hydrogen) atoms. The molecule has 0 aliphatic rings. The molecule has 1 aromatic carbocycles. The highest BCUT2D eigenvalue weighted by atomic mass is 15.1. The first-order chi connectivity index (χ1) is 10.3. The van der Waals surface area contributed by atoms with Crippen molar-refractivity contribution in [3.8, 4) is 0 Å². The summed E-state index contributed by atoms with van der Waals surface area (Å²) in [6.07, 6.45) is 2.65. The predicted molar refractivity (Wildman–Crippen MR) is 85.1 cm³/mol. The van der Waals surface area contributed by atoms with Crippen LogP contribution < -0.4 is 5.73 Å². The highest BCUT2D eigenvalue weighted by Gasteiger charge is 2.19. The van der Waals surface area contributed by atoms with Gasteiger partial charge in [-0.1, -0.05) is 18.2 Å². The van der Waals surface area contributed by atoms with Crippen molar-refractivity contribution >= 4 is 11.0 Å². The van der Waals surface area contributed by atoms with Crippen molar-refractivity contribution in [3.63, 3.8) is 0 Å². The van der Waals surface area contributed by atoms with Crippen molar-refractivity contribution in [1.29, 1.82) is 0 Å². The van der Waals surface area contributed by atoms with E-state index >= 15 is 0 Å². The Morgan fingerprint density at radius 3 is 2.67 bits per heavy atom. The van der Waals surface area contributed by atoms with Crippen LogP contribution in [0.25, 0.3) is 11.0 Å². The number of rotatable bonds is 5. The van der Waals surface area contributed by atoms with Crippen LogP contribution in [0.2, 0.25) is 0 Å². The Labute approximate surface area is 124 Å². The Balaban J connectivity index is 2.00. The molecule has 0 amide bonds. The summed E-state index contributed by atoms with van der Waals surface area (Å²) < 4.78 is 2.26. The van der Waals surface area contributed by atoms with Gasteiger partial charge in [-0.3, -0.25) is 4.98 Å². The molecule has 0 radical (unpaired) electrons. The van der Waals surface area contributed by atoms with Crippen molar-refractivity contribution in [2.75, 3.05) is 6.54 Å². The monoisotopic (exact) mass is 280 g/mol. The molecule has 2 heterocycles. The van der Waals surface area contributed by atoms with Crippen LogP contribution in [0.3, 0.4) is 0 Å². The molecule has 4 nitrogen and oxygen atoms in total. The van der Waals surface area contributed by atoms with Gasteiger partial charge in [-0.2, -0.15) is 0 Å². The number of aryl methyl sites for hydroxylation is 1. The number of fused-ring (bicyclic) bond motifs is 1. The van der Waals surface area contributed by atoms with E-state index in [9.17, 15) is 0 Å². The quantitative estimate of drug-likeness (QED) is 0.782. The molecule has 0 saturated heterocycles. The summed E-state index contributed by atoms with van der Waals surface area (Å²) in [4.78, 5) is 9.21. The fourth-order valence-electron chi connectivity index (χ4n) is 2.79. The molecular weight excluding hydrogens is 260 g/mol. The molecule has 4 heteroatoms. The van der Waals surface area contributed by atoms with E-state index in [0.29, 0.717) is 6.54 Å². The third kappa shape index (κ3) is 2.67. The van der Waals surface area contributed by atoms with Crippen LogP contribution in [0.4, 0.5) is 0 Å². The standard InChI is InChI=1S/C17H20N4/c1-2-21-16-9-4-3-8-15(16)20-17(21)13(12-18)11-14-7-5-6-10-19-14/h3-10,13H,2,11-12,18H2,1H3. The van der Waals surface area contributed by atoms with Crippen molar-refractivity contribution < 1.29 is 0 Å². The molecule has 0 saturated carbocycles. The number of hydrogen-bond acceptors (Lipinski definition) is 3. The second kappa shape index (κ2) is 6.06. The summed E-state index contributed by atoms with van der Waals surface area (Å²) >= 11 is 0. The first-order valence-electron chi connectivity index (χ1n) is 7.38. The first kappa shape index (κ1) is 13.8. The molecule has 2 aromatic heterocycles. The van der Waals surface area contributed by atoms with Gasteiger partial charge in [0.15, 0.2) is 0 Å². The molecule has 1 unspecified atom stereocenters. The Bertz CT molecular complexity index is 718. The minimum absolute atomic E-state index is 0.187. The highest BCUT2D eigenvalue weighted by Crippen LogP contribution is 2.24. The smallest absolute Gasteiger partial charge is 0.114 e. The SMILES string of the molecule is CCn1c(C(CN)Cc2ccccn2)nc2ccccc21.